The molecular weight excluding hydrogens is 376 g/mol. The van der Waals surface area contributed by atoms with Crippen LogP contribution in [-0.2, 0) is 6.42 Å². The van der Waals surface area contributed by atoms with Crippen LogP contribution in [0.3, 0.4) is 0 Å². The van der Waals surface area contributed by atoms with Gasteiger partial charge in [0.05, 0.1) is 6.04 Å². The van der Waals surface area contributed by atoms with E-state index in [0.717, 1.165) is 28.5 Å². The predicted octanol–water partition coefficient (Wildman–Crippen LogP) is 5.67. The molecule has 0 radical (unpaired) electrons. The predicted molar refractivity (Wildman–Crippen MR) is 111 cm³/mol. The van der Waals surface area contributed by atoms with Crippen LogP contribution in [-0.4, -0.2) is 22.3 Å². The lowest BCUT2D eigenvalue weighted by atomic mass is 9.92. The fourth-order valence-electron chi connectivity index (χ4n) is 3.89. The van der Waals surface area contributed by atoms with Crippen LogP contribution in [0.15, 0.2) is 66.2 Å². The van der Waals surface area contributed by atoms with Crippen molar-refractivity contribution in [2.24, 2.45) is 0 Å². The zero-order valence-electron chi connectivity index (χ0n) is 14.5. The number of carbonyl (C=O) groups excluding carboxylic acids is 1. The number of thiophene rings is 1. The highest BCUT2D eigenvalue weighted by molar-refractivity contribution is 7.10. The Morgan fingerprint density at radius 1 is 1.11 bits per heavy atom. The summed E-state index contributed by atoms with van der Waals surface area (Å²) in [7, 11) is 0. The van der Waals surface area contributed by atoms with Crippen LogP contribution >= 0.6 is 22.9 Å². The summed E-state index contributed by atoms with van der Waals surface area (Å²) in [5, 5.41) is 3.88. The van der Waals surface area contributed by atoms with Crippen LogP contribution in [0.2, 0.25) is 5.02 Å². The van der Waals surface area contributed by atoms with E-state index in [9.17, 15) is 4.79 Å². The van der Waals surface area contributed by atoms with Gasteiger partial charge in [0.1, 0.15) is 0 Å². The summed E-state index contributed by atoms with van der Waals surface area (Å²) in [5.41, 5.74) is 4.08. The monoisotopic (exact) mass is 392 g/mol. The summed E-state index contributed by atoms with van der Waals surface area (Å²) in [6.45, 7) is 0.713. The maximum absolute atomic E-state index is 13.4. The van der Waals surface area contributed by atoms with Crippen molar-refractivity contribution in [1.29, 1.82) is 0 Å². The molecule has 0 spiro atoms. The second kappa shape index (κ2) is 6.55. The molecule has 134 valence electrons. The third kappa shape index (κ3) is 2.85. The Morgan fingerprint density at radius 3 is 2.81 bits per heavy atom. The van der Waals surface area contributed by atoms with Gasteiger partial charge in [-0.15, -0.1) is 11.3 Å². The lowest BCUT2D eigenvalue weighted by molar-refractivity contribution is 0.0696. The van der Waals surface area contributed by atoms with Gasteiger partial charge >= 0.3 is 0 Å². The molecule has 1 amide bonds. The Morgan fingerprint density at radius 2 is 1.96 bits per heavy atom. The van der Waals surface area contributed by atoms with E-state index in [4.69, 9.17) is 11.6 Å². The van der Waals surface area contributed by atoms with E-state index < -0.39 is 0 Å². The topological polar surface area (TPSA) is 36.1 Å². The van der Waals surface area contributed by atoms with Gasteiger partial charge in [0, 0.05) is 39.1 Å². The number of H-pyrrole nitrogens is 1. The maximum atomic E-state index is 13.4. The van der Waals surface area contributed by atoms with E-state index in [1.54, 1.807) is 11.3 Å². The van der Waals surface area contributed by atoms with Crippen molar-refractivity contribution in [1.82, 2.24) is 9.88 Å². The SMILES string of the molecule is O=C(c1ccc2[nH]ccc2c1)N1CCc2sccc2C1c1ccc(Cl)cc1. The number of halogens is 1. The first-order chi connectivity index (χ1) is 13.2. The van der Waals surface area contributed by atoms with Crippen molar-refractivity contribution in [3.05, 3.63) is 92.8 Å². The Balaban J connectivity index is 1.58. The smallest absolute Gasteiger partial charge is 0.254 e. The average Bonchev–Trinajstić information content (AvgIpc) is 3.35. The molecule has 0 aliphatic carbocycles. The fourth-order valence-corrected chi connectivity index (χ4v) is 4.92. The molecule has 1 aliphatic heterocycles. The molecule has 0 fully saturated rings. The first kappa shape index (κ1) is 16.6. The number of aromatic nitrogens is 1. The highest BCUT2D eigenvalue weighted by Gasteiger charge is 2.33. The summed E-state index contributed by atoms with van der Waals surface area (Å²) in [6.07, 6.45) is 2.79. The van der Waals surface area contributed by atoms with E-state index in [0.29, 0.717) is 11.6 Å². The van der Waals surface area contributed by atoms with Crippen molar-refractivity contribution < 1.29 is 4.79 Å². The number of fused-ring (bicyclic) bond motifs is 2. The molecule has 3 heterocycles. The minimum absolute atomic E-state index is 0.0647. The number of nitrogens with zero attached hydrogens (tertiary/aromatic N) is 1. The molecule has 1 unspecified atom stereocenters. The summed E-state index contributed by atoms with van der Waals surface area (Å²) in [5.74, 6) is 0.0647. The Kier molecular flexibility index (Phi) is 4.03. The van der Waals surface area contributed by atoms with Gasteiger partial charge < -0.3 is 9.88 Å². The highest BCUT2D eigenvalue weighted by atomic mass is 35.5. The fraction of sp³-hybridized carbons (Fsp3) is 0.136. The quantitative estimate of drug-likeness (QED) is 0.468. The molecule has 0 bridgehead atoms. The number of carbonyl (C=O) groups is 1. The lowest BCUT2D eigenvalue weighted by Crippen LogP contribution is -2.40. The average molecular weight is 393 g/mol. The standard InChI is InChI=1S/C22H17ClN2OS/c23-17-4-1-14(2-5-17)21-18-9-12-27-20(18)8-11-25(21)22(26)16-3-6-19-15(13-16)7-10-24-19/h1-7,9-10,12-13,21,24H,8,11H2. The number of hydrogen-bond acceptors (Lipinski definition) is 2. The van der Waals surface area contributed by atoms with E-state index in [1.165, 1.54) is 10.4 Å². The molecule has 2 aromatic carbocycles. The van der Waals surface area contributed by atoms with Gasteiger partial charge in [-0.05, 0) is 65.4 Å². The second-order valence-corrected chi connectivity index (χ2v) is 8.22. The molecule has 27 heavy (non-hydrogen) atoms. The highest BCUT2D eigenvalue weighted by Crippen LogP contribution is 2.39. The zero-order chi connectivity index (χ0) is 18.4. The Labute approximate surface area is 166 Å². The van der Waals surface area contributed by atoms with Gasteiger partial charge in [-0.3, -0.25) is 4.79 Å². The van der Waals surface area contributed by atoms with Crippen LogP contribution < -0.4 is 0 Å². The Hall–Kier alpha value is -2.56. The minimum Gasteiger partial charge on any atom is -0.361 e. The molecule has 1 aliphatic rings. The van der Waals surface area contributed by atoms with Crippen LogP contribution in [0.25, 0.3) is 10.9 Å². The van der Waals surface area contributed by atoms with E-state index in [1.807, 2.05) is 59.6 Å². The number of hydrogen-bond donors (Lipinski definition) is 1. The largest absolute Gasteiger partial charge is 0.361 e. The third-order valence-corrected chi connectivity index (χ3v) is 6.46. The number of aromatic amines is 1. The first-order valence-corrected chi connectivity index (χ1v) is 10.2. The normalized spacial score (nSPS) is 16.5. The van der Waals surface area contributed by atoms with Crippen molar-refractivity contribution in [2.75, 3.05) is 6.54 Å². The van der Waals surface area contributed by atoms with Gasteiger partial charge in [-0.25, -0.2) is 0 Å². The number of nitrogens with one attached hydrogen (secondary N) is 1. The molecule has 5 rings (SSSR count). The van der Waals surface area contributed by atoms with Crippen molar-refractivity contribution >= 4 is 39.7 Å². The van der Waals surface area contributed by atoms with Gasteiger partial charge in [0.2, 0.25) is 0 Å². The van der Waals surface area contributed by atoms with Gasteiger partial charge in [0.25, 0.3) is 5.91 Å². The lowest BCUT2D eigenvalue weighted by Gasteiger charge is -2.36. The molecule has 0 saturated carbocycles. The van der Waals surface area contributed by atoms with E-state index in [2.05, 4.69) is 16.4 Å². The second-order valence-electron chi connectivity index (χ2n) is 6.78. The summed E-state index contributed by atoms with van der Waals surface area (Å²) in [6, 6.07) is 17.7. The molecule has 3 nitrogen and oxygen atoms in total. The summed E-state index contributed by atoms with van der Waals surface area (Å²) in [4.78, 5) is 20.0. The number of benzene rings is 2. The maximum Gasteiger partial charge on any atom is 0.254 e. The minimum atomic E-state index is -0.0771. The van der Waals surface area contributed by atoms with E-state index >= 15 is 0 Å². The van der Waals surface area contributed by atoms with Crippen molar-refractivity contribution in [2.45, 2.75) is 12.5 Å². The van der Waals surface area contributed by atoms with Crippen LogP contribution in [0, 0.1) is 0 Å². The zero-order valence-corrected chi connectivity index (χ0v) is 16.1. The Bertz CT molecular complexity index is 1130. The van der Waals surface area contributed by atoms with Crippen LogP contribution in [0.5, 0.6) is 0 Å². The molecular formula is C22H17ClN2OS. The van der Waals surface area contributed by atoms with Gasteiger partial charge in [-0.2, -0.15) is 0 Å². The van der Waals surface area contributed by atoms with Crippen molar-refractivity contribution in [3.63, 3.8) is 0 Å². The molecule has 1 atom stereocenters. The van der Waals surface area contributed by atoms with Crippen LogP contribution in [0.1, 0.15) is 32.4 Å². The van der Waals surface area contributed by atoms with Gasteiger partial charge in [-0.1, -0.05) is 23.7 Å². The van der Waals surface area contributed by atoms with Crippen LogP contribution in [0.4, 0.5) is 0 Å². The van der Waals surface area contributed by atoms with E-state index in [-0.39, 0.29) is 11.9 Å². The summed E-state index contributed by atoms with van der Waals surface area (Å²) < 4.78 is 0. The molecule has 2 aromatic heterocycles. The molecule has 5 heteroatoms. The summed E-state index contributed by atoms with van der Waals surface area (Å²) >= 11 is 7.86. The first-order valence-electron chi connectivity index (χ1n) is 8.90. The third-order valence-electron chi connectivity index (χ3n) is 5.21. The number of amides is 1. The molecule has 4 aromatic rings. The number of rotatable bonds is 2. The van der Waals surface area contributed by atoms with Gasteiger partial charge in [0.15, 0.2) is 0 Å². The molecule has 1 N–H and O–H groups in total. The van der Waals surface area contributed by atoms with Crippen molar-refractivity contribution in [3.8, 4) is 0 Å². The molecule has 0 saturated heterocycles.